The van der Waals surface area contributed by atoms with Crippen LogP contribution >= 0.6 is 0 Å². The monoisotopic (exact) mass is 239 g/mol. The molecule has 0 aromatic heterocycles. The van der Waals surface area contributed by atoms with Crippen LogP contribution < -0.4 is 10.6 Å². The second kappa shape index (κ2) is 6.24. The number of carbonyl (C=O) groups excluding carboxylic acids is 1. The third-order valence-electron chi connectivity index (χ3n) is 4.20. The molecular weight excluding hydrogens is 214 g/mol. The largest absolute Gasteiger partial charge is 0.336 e. The van der Waals surface area contributed by atoms with Crippen molar-refractivity contribution in [3.8, 4) is 0 Å². The van der Waals surface area contributed by atoms with Gasteiger partial charge in [-0.3, -0.25) is 0 Å². The predicted molar refractivity (Wildman–Crippen MR) is 69.0 cm³/mol. The average molecular weight is 239 g/mol. The Labute approximate surface area is 104 Å². The fourth-order valence-electron chi connectivity index (χ4n) is 2.92. The summed E-state index contributed by atoms with van der Waals surface area (Å²) in [6, 6.07) is 0.0952. The molecule has 0 spiro atoms. The molecule has 98 valence electrons. The van der Waals surface area contributed by atoms with Gasteiger partial charge in [0.05, 0.1) is 0 Å². The van der Waals surface area contributed by atoms with E-state index >= 15 is 0 Å². The molecule has 1 aliphatic heterocycles. The summed E-state index contributed by atoms with van der Waals surface area (Å²) in [7, 11) is 0. The van der Waals surface area contributed by atoms with Gasteiger partial charge in [-0.15, -0.1) is 0 Å². The fraction of sp³-hybridized carbons (Fsp3) is 0.923. The van der Waals surface area contributed by atoms with E-state index < -0.39 is 0 Å². The maximum atomic E-state index is 11.3. The molecule has 1 aliphatic carbocycles. The number of hydrogen-bond donors (Lipinski definition) is 2. The van der Waals surface area contributed by atoms with Crippen LogP contribution in [0.2, 0.25) is 0 Å². The third-order valence-corrected chi connectivity index (χ3v) is 4.20. The minimum Gasteiger partial charge on any atom is -0.336 e. The highest BCUT2D eigenvalue weighted by atomic mass is 16.2. The molecule has 1 saturated heterocycles. The topological polar surface area (TPSA) is 44.4 Å². The van der Waals surface area contributed by atoms with Crippen LogP contribution in [-0.4, -0.2) is 43.7 Å². The van der Waals surface area contributed by atoms with Crippen molar-refractivity contribution >= 4 is 6.03 Å². The molecule has 4 heteroatoms. The predicted octanol–water partition coefficient (Wildman–Crippen LogP) is 1.43. The van der Waals surface area contributed by atoms with Gasteiger partial charge in [0.25, 0.3) is 0 Å². The molecular formula is C13H25N3O. The zero-order valence-electron chi connectivity index (χ0n) is 10.9. The summed E-state index contributed by atoms with van der Waals surface area (Å²) in [6.07, 6.45) is 5.57. The lowest BCUT2D eigenvalue weighted by Crippen LogP contribution is -2.37. The molecule has 2 rings (SSSR count). The Morgan fingerprint density at radius 2 is 2.24 bits per heavy atom. The second-order valence-corrected chi connectivity index (χ2v) is 5.44. The van der Waals surface area contributed by atoms with Crippen LogP contribution in [0.5, 0.6) is 0 Å². The van der Waals surface area contributed by atoms with Gasteiger partial charge in [0, 0.05) is 26.2 Å². The Balaban J connectivity index is 1.57. The number of nitrogens with zero attached hydrogens (tertiary/aromatic N) is 1. The summed E-state index contributed by atoms with van der Waals surface area (Å²) < 4.78 is 0. The number of hydrogen-bond acceptors (Lipinski definition) is 2. The average Bonchev–Trinajstić information content (AvgIpc) is 2.73. The van der Waals surface area contributed by atoms with E-state index in [0.29, 0.717) is 0 Å². The molecule has 1 saturated carbocycles. The molecule has 2 aliphatic rings. The minimum atomic E-state index is 0.0952. The fourth-order valence-corrected chi connectivity index (χ4v) is 2.92. The van der Waals surface area contributed by atoms with Crippen molar-refractivity contribution in [3.05, 3.63) is 0 Å². The molecule has 2 amide bonds. The lowest BCUT2D eigenvalue weighted by atomic mass is 9.80. The molecule has 0 aromatic carbocycles. The molecule has 2 unspecified atom stereocenters. The number of urea groups is 1. The van der Waals surface area contributed by atoms with Crippen LogP contribution in [0.4, 0.5) is 4.79 Å². The van der Waals surface area contributed by atoms with Crippen molar-refractivity contribution in [2.75, 3.05) is 32.7 Å². The summed E-state index contributed by atoms with van der Waals surface area (Å²) >= 11 is 0. The Kier molecular flexibility index (Phi) is 4.66. The van der Waals surface area contributed by atoms with E-state index in [1.165, 1.54) is 25.7 Å². The number of rotatable bonds is 5. The van der Waals surface area contributed by atoms with Crippen LogP contribution in [-0.2, 0) is 0 Å². The Morgan fingerprint density at radius 1 is 1.41 bits per heavy atom. The van der Waals surface area contributed by atoms with E-state index in [-0.39, 0.29) is 6.03 Å². The lowest BCUT2D eigenvalue weighted by Gasteiger charge is -2.29. The van der Waals surface area contributed by atoms with Crippen molar-refractivity contribution in [1.82, 2.24) is 15.5 Å². The van der Waals surface area contributed by atoms with Gasteiger partial charge in [-0.2, -0.15) is 0 Å². The SMILES string of the molecule is CC1CCCCC1CNCCN1CCNC1=O. The van der Waals surface area contributed by atoms with Crippen LogP contribution in [0.25, 0.3) is 0 Å². The Morgan fingerprint density at radius 3 is 2.94 bits per heavy atom. The molecule has 2 atom stereocenters. The quantitative estimate of drug-likeness (QED) is 0.713. The van der Waals surface area contributed by atoms with Crippen molar-refractivity contribution in [2.45, 2.75) is 32.6 Å². The summed E-state index contributed by atoms with van der Waals surface area (Å²) in [4.78, 5) is 13.2. The van der Waals surface area contributed by atoms with E-state index in [0.717, 1.165) is 44.6 Å². The summed E-state index contributed by atoms with van der Waals surface area (Å²) in [5.41, 5.74) is 0. The molecule has 0 bridgehead atoms. The van der Waals surface area contributed by atoms with Gasteiger partial charge in [0.15, 0.2) is 0 Å². The lowest BCUT2D eigenvalue weighted by molar-refractivity contribution is 0.214. The molecule has 0 aromatic rings. The summed E-state index contributed by atoms with van der Waals surface area (Å²) in [5.74, 6) is 1.71. The van der Waals surface area contributed by atoms with Crippen LogP contribution in [0.15, 0.2) is 0 Å². The maximum absolute atomic E-state index is 11.3. The van der Waals surface area contributed by atoms with E-state index in [1.807, 2.05) is 4.90 Å². The van der Waals surface area contributed by atoms with Crippen molar-refractivity contribution in [1.29, 1.82) is 0 Å². The Bertz CT molecular complexity index is 257. The smallest absolute Gasteiger partial charge is 0.317 e. The zero-order valence-corrected chi connectivity index (χ0v) is 10.9. The highest BCUT2D eigenvalue weighted by Crippen LogP contribution is 2.28. The zero-order chi connectivity index (χ0) is 12.1. The van der Waals surface area contributed by atoms with E-state index in [4.69, 9.17) is 0 Å². The van der Waals surface area contributed by atoms with Crippen LogP contribution in [0.3, 0.4) is 0 Å². The third kappa shape index (κ3) is 3.60. The van der Waals surface area contributed by atoms with Gasteiger partial charge in [0.2, 0.25) is 0 Å². The molecule has 4 nitrogen and oxygen atoms in total. The molecule has 0 radical (unpaired) electrons. The first-order valence-electron chi connectivity index (χ1n) is 7.01. The number of carbonyl (C=O) groups is 1. The minimum absolute atomic E-state index is 0.0952. The number of nitrogens with one attached hydrogen (secondary N) is 2. The van der Waals surface area contributed by atoms with Gasteiger partial charge in [-0.25, -0.2) is 4.79 Å². The van der Waals surface area contributed by atoms with Gasteiger partial charge in [0.1, 0.15) is 0 Å². The van der Waals surface area contributed by atoms with Crippen LogP contribution in [0.1, 0.15) is 32.6 Å². The molecule has 1 heterocycles. The first kappa shape index (κ1) is 12.7. The first-order chi connectivity index (χ1) is 8.27. The molecule has 2 N–H and O–H groups in total. The van der Waals surface area contributed by atoms with E-state index in [1.54, 1.807) is 0 Å². The van der Waals surface area contributed by atoms with Crippen molar-refractivity contribution in [2.24, 2.45) is 11.8 Å². The number of amides is 2. The summed E-state index contributed by atoms with van der Waals surface area (Å²) in [5, 5.41) is 6.34. The second-order valence-electron chi connectivity index (χ2n) is 5.44. The maximum Gasteiger partial charge on any atom is 0.317 e. The van der Waals surface area contributed by atoms with Crippen molar-refractivity contribution < 1.29 is 4.79 Å². The molecule has 2 fully saturated rings. The first-order valence-corrected chi connectivity index (χ1v) is 7.01. The standard InChI is InChI=1S/C13H25N3O/c1-11-4-2-3-5-12(11)10-14-6-8-16-9-7-15-13(16)17/h11-12,14H,2-10H2,1H3,(H,15,17). The van der Waals surface area contributed by atoms with Gasteiger partial charge >= 0.3 is 6.03 Å². The van der Waals surface area contributed by atoms with Crippen LogP contribution in [0, 0.1) is 11.8 Å². The molecule has 17 heavy (non-hydrogen) atoms. The van der Waals surface area contributed by atoms with Crippen molar-refractivity contribution in [3.63, 3.8) is 0 Å². The Hall–Kier alpha value is -0.770. The van der Waals surface area contributed by atoms with Gasteiger partial charge in [-0.1, -0.05) is 26.2 Å². The highest BCUT2D eigenvalue weighted by molar-refractivity contribution is 5.76. The van der Waals surface area contributed by atoms with Gasteiger partial charge in [-0.05, 0) is 24.8 Å². The van der Waals surface area contributed by atoms with E-state index in [9.17, 15) is 4.79 Å². The summed E-state index contributed by atoms with van der Waals surface area (Å²) in [6.45, 7) is 6.93. The normalized spacial score (nSPS) is 29.5. The van der Waals surface area contributed by atoms with Gasteiger partial charge < -0.3 is 15.5 Å². The highest BCUT2D eigenvalue weighted by Gasteiger charge is 2.21. The van der Waals surface area contributed by atoms with E-state index in [2.05, 4.69) is 17.6 Å².